The van der Waals surface area contributed by atoms with Crippen LogP contribution in [0.5, 0.6) is 0 Å². The Labute approximate surface area is 139 Å². The fourth-order valence-corrected chi connectivity index (χ4v) is 5.04. The fourth-order valence-electron chi connectivity index (χ4n) is 3.17. The second-order valence-corrected chi connectivity index (χ2v) is 8.77. The number of aryl methyl sites for hydroxylation is 2. The Kier molecular flexibility index (Phi) is 4.82. The average molecular weight is 338 g/mol. The molecule has 0 aliphatic heterocycles. The molecule has 0 radical (unpaired) electrons. The van der Waals surface area contributed by atoms with Gasteiger partial charge in [-0.25, -0.2) is 0 Å². The number of nitrogens with zero attached hydrogens (tertiary/aromatic N) is 5. The first-order valence-electron chi connectivity index (χ1n) is 7.92. The SMILES string of the molecule is Cc1nnc([C@H](C)Sc2nnc(C)n2[C@H]2CCC[C@H](C)C2)s1. The van der Waals surface area contributed by atoms with Crippen molar-refractivity contribution in [3.63, 3.8) is 0 Å². The maximum absolute atomic E-state index is 4.42. The van der Waals surface area contributed by atoms with Crippen LogP contribution in [-0.4, -0.2) is 25.0 Å². The third-order valence-electron chi connectivity index (χ3n) is 4.28. The quantitative estimate of drug-likeness (QED) is 0.776. The Hall–Kier alpha value is -0.950. The van der Waals surface area contributed by atoms with Crippen LogP contribution in [0.2, 0.25) is 0 Å². The van der Waals surface area contributed by atoms with E-state index in [1.54, 1.807) is 23.1 Å². The Balaban J connectivity index is 1.79. The molecule has 3 rings (SSSR count). The van der Waals surface area contributed by atoms with Crippen LogP contribution < -0.4 is 0 Å². The smallest absolute Gasteiger partial charge is 0.192 e. The van der Waals surface area contributed by atoms with Gasteiger partial charge in [0.25, 0.3) is 0 Å². The highest BCUT2D eigenvalue weighted by Crippen LogP contribution is 2.39. The van der Waals surface area contributed by atoms with E-state index in [1.807, 2.05) is 6.92 Å². The number of rotatable bonds is 4. The minimum Gasteiger partial charge on any atom is -0.303 e. The van der Waals surface area contributed by atoms with Crippen LogP contribution in [0.3, 0.4) is 0 Å². The summed E-state index contributed by atoms with van der Waals surface area (Å²) >= 11 is 3.41. The number of thioether (sulfide) groups is 1. The zero-order chi connectivity index (χ0) is 15.7. The second-order valence-electron chi connectivity index (χ2n) is 6.24. The monoisotopic (exact) mass is 337 g/mol. The summed E-state index contributed by atoms with van der Waals surface area (Å²) in [6, 6.07) is 0.546. The molecule has 0 spiro atoms. The number of hydrogen-bond donors (Lipinski definition) is 0. The molecule has 2 heterocycles. The van der Waals surface area contributed by atoms with E-state index in [1.165, 1.54) is 25.7 Å². The van der Waals surface area contributed by atoms with E-state index >= 15 is 0 Å². The highest BCUT2D eigenvalue weighted by Gasteiger charge is 2.26. The maximum Gasteiger partial charge on any atom is 0.192 e. The summed E-state index contributed by atoms with van der Waals surface area (Å²) in [5, 5.41) is 20.5. The van der Waals surface area contributed by atoms with Crippen molar-refractivity contribution < 1.29 is 0 Å². The molecule has 7 heteroatoms. The lowest BCUT2D eigenvalue weighted by Gasteiger charge is -2.29. The third-order valence-corrected chi connectivity index (χ3v) is 6.52. The summed E-state index contributed by atoms with van der Waals surface area (Å²) in [5.74, 6) is 1.82. The highest BCUT2D eigenvalue weighted by molar-refractivity contribution is 7.99. The van der Waals surface area contributed by atoms with Gasteiger partial charge in [0.05, 0.1) is 5.25 Å². The summed E-state index contributed by atoms with van der Waals surface area (Å²) in [5.41, 5.74) is 0. The zero-order valence-corrected chi connectivity index (χ0v) is 15.2. The predicted octanol–water partition coefficient (Wildman–Crippen LogP) is 4.35. The molecule has 120 valence electrons. The van der Waals surface area contributed by atoms with E-state index in [9.17, 15) is 0 Å². The van der Waals surface area contributed by atoms with Crippen molar-refractivity contribution in [3.05, 3.63) is 15.8 Å². The van der Waals surface area contributed by atoms with Gasteiger partial charge < -0.3 is 4.57 Å². The van der Waals surface area contributed by atoms with Gasteiger partial charge in [0.1, 0.15) is 15.8 Å². The highest BCUT2D eigenvalue weighted by atomic mass is 32.2. The van der Waals surface area contributed by atoms with Crippen molar-refractivity contribution in [3.8, 4) is 0 Å². The summed E-state index contributed by atoms with van der Waals surface area (Å²) in [6.07, 6.45) is 5.13. The Morgan fingerprint density at radius 3 is 2.68 bits per heavy atom. The molecular formula is C15H23N5S2. The molecule has 0 amide bonds. The van der Waals surface area contributed by atoms with Gasteiger partial charge in [-0.1, -0.05) is 31.5 Å². The van der Waals surface area contributed by atoms with E-state index in [0.717, 1.165) is 26.9 Å². The Morgan fingerprint density at radius 2 is 2.00 bits per heavy atom. The third kappa shape index (κ3) is 3.35. The number of hydrogen-bond acceptors (Lipinski definition) is 6. The van der Waals surface area contributed by atoms with Crippen LogP contribution in [0.15, 0.2) is 5.16 Å². The van der Waals surface area contributed by atoms with Crippen molar-refractivity contribution in [2.24, 2.45) is 5.92 Å². The molecule has 0 bridgehead atoms. The molecule has 22 heavy (non-hydrogen) atoms. The lowest BCUT2D eigenvalue weighted by atomic mass is 9.87. The first kappa shape index (κ1) is 15.9. The molecule has 0 saturated heterocycles. The standard InChI is InChI=1S/C15H23N5S2/c1-9-6-5-7-13(8-9)20-11(3)16-19-15(20)21-10(2)14-18-17-12(4)22-14/h9-10,13H,5-8H2,1-4H3/t9-,10-,13-/m0/s1. The van der Waals surface area contributed by atoms with Crippen molar-refractivity contribution in [2.45, 2.75) is 69.8 Å². The Morgan fingerprint density at radius 1 is 1.18 bits per heavy atom. The molecule has 5 nitrogen and oxygen atoms in total. The molecule has 1 fully saturated rings. The van der Waals surface area contributed by atoms with Crippen molar-refractivity contribution in [2.75, 3.05) is 0 Å². The normalized spacial score (nSPS) is 23.6. The molecule has 0 unspecified atom stereocenters. The van der Waals surface area contributed by atoms with Gasteiger partial charge in [0, 0.05) is 6.04 Å². The average Bonchev–Trinajstić information content (AvgIpc) is 3.05. The van der Waals surface area contributed by atoms with E-state index in [0.29, 0.717) is 6.04 Å². The largest absolute Gasteiger partial charge is 0.303 e. The van der Waals surface area contributed by atoms with Crippen molar-refractivity contribution in [1.29, 1.82) is 0 Å². The lowest BCUT2D eigenvalue weighted by molar-refractivity contribution is 0.268. The lowest BCUT2D eigenvalue weighted by Crippen LogP contribution is -2.19. The molecule has 1 saturated carbocycles. The summed E-state index contributed by atoms with van der Waals surface area (Å²) in [6.45, 7) is 8.58. The van der Waals surface area contributed by atoms with Gasteiger partial charge in [0.15, 0.2) is 5.16 Å². The van der Waals surface area contributed by atoms with E-state index < -0.39 is 0 Å². The molecule has 0 N–H and O–H groups in total. The molecule has 2 aromatic rings. The van der Waals surface area contributed by atoms with Crippen LogP contribution >= 0.6 is 23.1 Å². The van der Waals surface area contributed by atoms with Crippen molar-refractivity contribution in [1.82, 2.24) is 25.0 Å². The maximum atomic E-state index is 4.42. The molecular weight excluding hydrogens is 314 g/mol. The molecule has 2 aromatic heterocycles. The van der Waals surface area contributed by atoms with Gasteiger partial charge >= 0.3 is 0 Å². The van der Waals surface area contributed by atoms with E-state index in [-0.39, 0.29) is 5.25 Å². The molecule has 0 aromatic carbocycles. The summed E-state index contributed by atoms with van der Waals surface area (Å²) in [4.78, 5) is 0. The van der Waals surface area contributed by atoms with Crippen LogP contribution in [0.25, 0.3) is 0 Å². The van der Waals surface area contributed by atoms with Crippen LogP contribution in [-0.2, 0) is 0 Å². The first-order valence-corrected chi connectivity index (χ1v) is 9.62. The first-order chi connectivity index (χ1) is 10.5. The van der Waals surface area contributed by atoms with Gasteiger partial charge in [0.2, 0.25) is 0 Å². The molecule has 1 aliphatic carbocycles. The van der Waals surface area contributed by atoms with Crippen LogP contribution in [0.1, 0.15) is 66.7 Å². The van der Waals surface area contributed by atoms with Gasteiger partial charge in [-0.3, -0.25) is 0 Å². The number of aromatic nitrogens is 5. The summed E-state index contributed by atoms with van der Waals surface area (Å²) in [7, 11) is 0. The van der Waals surface area contributed by atoms with Crippen LogP contribution in [0.4, 0.5) is 0 Å². The zero-order valence-electron chi connectivity index (χ0n) is 13.6. The minimum atomic E-state index is 0.259. The molecule has 3 atom stereocenters. The van der Waals surface area contributed by atoms with E-state index in [2.05, 4.69) is 45.7 Å². The second kappa shape index (κ2) is 6.66. The van der Waals surface area contributed by atoms with E-state index in [4.69, 9.17) is 0 Å². The summed E-state index contributed by atoms with van der Waals surface area (Å²) < 4.78 is 2.35. The Bertz CT molecular complexity index is 636. The van der Waals surface area contributed by atoms with Gasteiger partial charge in [-0.15, -0.1) is 31.7 Å². The van der Waals surface area contributed by atoms with Gasteiger partial charge in [-0.05, 0) is 39.5 Å². The van der Waals surface area contributed by atoms with Gasteiger partial charge in [-0.2, -0.15) is 0 Å². The molecule has 1 aliphatic rings. The minimum absolute atomic E-state index is 0.259. The topological polar surface area (TPSA) is 56.5 Å². The fraction of sp³-hybridized carbons (Fsp3) is 0.733. The van der Waals surface area contributed by atoms with Crippen molar-refractivity contribution >= 4 is 23.1 Å². The van der Waals surface area contributed by atoms with Crippen LogP contribution in [0, 0.1) is 19.8 Å². The predicted molar refractivity (Wildman–Crippen MR) is 90.3 cm³/mol.